The molecular weight excluding hydrogens is 358 g/mol. The summed E-state index contributed by atoms with van der Waals surface area (Å²) in [6.45, 7) is 2.54. The van der Waals surface area contributed by atoms with Crippen LogP contribution in [-0.2, 0) is 11.4 Å². The Balaban J connectivity index is 1.65. The van der Waals surface area contributed by atoms with E-state index in [1.54, 1.807) is 18.0 Å². The zero-order valence-electron chi connectivity index (χ0n) is 13.9. The molecule has 0 radical (unpaired) electrons. The molecule has 132 valence electrons. The second-order valence-corrected chi connectivity index (χ2v) is 7.57. The van der Waals surface area contributed by atoms with E-state index in [0.717, 1.165) is 28.3 Å². The van der Waals surface area contributed by atoms with Gasteiger partial charge in [-0.2, -0.15) is 0 Å². The number of aliphatic carboxylic acids is 1. The van der Waals surface area contributed by atoms with Crippen LogP contribution in [0.25, 0.3) is 0 Å². The molecule has 0 aliphatic heterocycles. The molecular formula is C19H20ClNO3S. The summed E-state index contributed by atoms with van der Waals surface area (Å²) in [5.41, 5.74) is 2.00. The molecule has 2 atom stereocenters. The molecule has 1 heterocycles. The molecule has 0 saturated heterocycles. The summed E-state index contributed by atoms with van der Waals surface area (Å²) in [7, 11) is 0. The van der Waals surface area contributed by atoms with E-state index in [4.69, 9.17) is 21.4 Å². The number of carboxylic acids is 1. The summed E-state index contributed by atoms with van der Waals surface area (Å²) in [5, 5.41) is 10.5. The Morgan fingerprint density at radius 1 is 1.44 bits per heavy atom. The lowest BCUT2D eigenvalue weighted by atomic mass is 10.1. The Morgan fingerprint density at radius 3 is 2.96 bits per heavy atom. The number of hydrogen-bond donors (Lipinski definition) is 1. The highest BCUT2D eigenvalue weighted by molar-refractivity contribution is 7.99. The number of nitrogens with zero attached hydrogens (tertiary/aromatic N) is 1. The van der Waals surface area contributed by atoms with Gasteiger partial charge in [-0.3, -0.25) is 4.79 Å². The third kappa shape index (κ3) is 4.47. The molecule has 1 aromatic carbocycles. The van der Waals surface area contributed by atoms with E-state index in [0.29, 0.717) is 23.8 Å². The molecule has 3 rings (SSSR count). The highest BCUT2D eigenvalue weighted by Gasteiger charge is 2.44. The average Bonchev–Trinajstić information content (AvgIpc) is 3.40. The van der Waals surface area contributed by atoms with Gasteiger partial charge in [-0.25, -0.2) is 4.98 Å². The van der Waals surface area contributed by atoms with Crippen LogP contribution in [0, 0.1) is 5.92 Å². The quantitative estimate of drug-likeness (QED) is 0.655. The van der Waals surface area contributed by atoms with Crippen molar-refractivity contribution in [3.8, 4) is 5.75 Å². The van der Waals surface area contributed by atoms with Gasteiger partial charge in [0.1, 0.15) is 17.4 Å². The number of aromatic nitrogens is 1. The van der Waals surface area contributed by atoms with Crippen molar-refractivity contribution in [3.05, 3.63) is 52.7 Å². The van der Waals surface area contributed by atoms with Crippen molar-refractivity contribution < 1.29 is 14.6 Å². The number of thioether (sulfide) groups is 1. The van der Waals surface area contributed by atoms with Crippen LogP contribution in [0.1, 0.15) is 36.8 Å². The number of ether oxygens (including phenoxy) is 1. The minimum absolute atomic E-state index is 0.0689. The van der Waals surface area contributed by atoms with Crippen LogP contribution in [-0.4, -0.2) is 21.8 Å². The number of carboxylic acid groups (broad SMARTS) is 1. The van der Waals surface area contributed by atoms with Gasteiger partial charge in [-0.1, -0.05) is 30.7 Å². The topological polar surface area (TPSA) is 59.4 Å². The highest BCUT2D eigenvalue weighted by atomic mass is 35.5. The van der Waals surface area contributed by atoms with E-state index >= 15 is 0 Å². The van der Waals surface area contributed by atoms with Crippen LogP contribution in [0.15, 0.2) is 41.6 Å². The fraction of sp³-hybridized carbons (Fsp3) is 0.368. The molecule has 1 saturated carbocycles. The predicted octanol–water partition coefficient (Wildman–Crippen LogP) is 5.00. The third-order valence-electron chi connectivity index (χ3n) is 4.17. The first kappa shape index (κ1) is 18.1. The first-order chi connectivity index (χ1) is 12.1. The normalized spacial score (nSPS) is 18.8. The smallest absolute Gasteiger partial charge is 0.307 e. The van der Waals surface area contributed by atoms with Crippen LogP contribution in [0.2, 0.25) is 5.02 Å². The van der Waals surface area contributed by atoms with E-state index in [2.05, 4.69) is 11.9 Å². The van der Waals surface area contributed by atoms with Crippen molar-refractivity contribution in [2.24, 2.45) is 5.92 Å². The van der Waals surface area contributed by atoms with E-state index in [1.807, 2.05) is 30.3 Å². The fourth-order valence-electron chi connectivity index (χ4n) is 2.72. The number of halogens is 1. The molecule has 1 fully saturated rings. The molecule has 1 aliphatic carbocycles. The van der Waals surface area contributed by atoms with Crippen molar-refractivity contribution in [3.63, 3.8) is 0 Å². The summed E-state index contributed by atoms with van der Waals surface area (Å²) in [6, 6.07) is 9.46. The first-order valence-corrected chi connectivity index (χ1v) is 9.68. The van der Waals surface area contributed by atoms with Gasteiger partial charge < -0.3 is 9.84 Å². The van der Waals surface area contributed by atoms with E-state index in [9.17, 15) is 4.79 Å². The summed E-state index contributed by atoms with van der Waals surface area (Å²) >= 11 is 8.05. The second kappa shape index (κ2) is 8.11. The third-order valence-corrected chi connectivity index (χ3v) is 5.72. The lowest BCUT2D eigenvalue weighted by Gasteiger charge is -2.12. The molecule has 1 aliphatic rings. The monoisotopic (exact) mass is 377 g/mol. The zero-order valence-corrected chi connectivity index (χ0v) is 15.5. The van der Waals surface area contributed by atoms with E-state index in [1.165, 1.54) is 0 Å². The first-order valence-electron chi connectivity index (χ1n) is 8.32. The summed E-state index contributed by atoms with van der Waals surface area (Å²) < 4.78 is 5.87. The van der Waals surface area contributed by atoms with Crippen LogP contribution in [0.5, 0.6) is 5.75 Å². The van der Waals surface area contributed by atoms with Crippen molar-refractivity contribution in [1.82, 2.24) is 4.98 Å². The molecule has 25 heavy (non-hydrogen) atoms. The van der Waals surface area contributed by atoms with Crippen LogP contribution < -0.4 is 4.74 Å². The predicted molar refractivity (Wildman–Crippen MR) is 99.5 cm³/mol. The summed E-state index contributed by atoms with van der Waals surface area (Å²) in [6.07, 6.45) is 3.56. The van der Waals surface area contributed by atoms with Gasteiger partial charge in [0.15, 0.2) is 0 Å². The van der Waals surface area contributed by atoms with Crippen LogP contribution >= 0.6 is 23.4 Å². The molecule has 2 aromatic rings. The molecule has 0 spiro atoms. The molecule has 0 bridgehead atoms. The number of benzene rings is 1. The molecule has 6 heteroatoms. The van der Waals surface area contributed by atoms with Crippen LogP contribution in [0.4, 0.5) is 0 Å². The Hall–Kier alpha value is -1.72. The van der Waals surface area contributed by atoms with E-state index in [-0.39, 0.29) is 11.8 Å². The maximum Gasteiger partial charge on any atom is 0.307 e. The lowest BCUT2D eigenvalue weighted by Crippen LogP contribution is -2.01. The van der Waals surface area contributed by atoms with Crippen LogP contribution in [0.3, 0.4) is 0 Å². The van der Waals surface area contributed by atoms with Crippen molar-refractivity contribution >= 4 is 29.3 Å². The molecule has 1 N–H and O–H groups in total. The second-order valence-electron chi connectivity index (χ2n) is 6.08. The number of carbonyl (C=O) groups is 1. The Kier molecular flexibility index (Phi) is 5.86. The molecule has 4 nitrogen and oxygen atoms in total. The van der Waals surface area contributed by atoms with Gasteiger partial charge in [0.2, 0.25) is 0 Å². The Labute approximate surface area is 156 Å². The van der Waals surface area contributed by atoms with Gasteiger partial charge in [0, 0.05) is 11.8 Å². The Morgan fingerprint density at radius 2 is 2.28 bits per heavy atom. The van der Waals surface area contributed by atoms with Crippen molar-refractivity contribution in [2.75, 3.05) is 5.75 Å². The van der Waals surface area contributed by atoms with Gasteiger partial charge in [-0.05, 0) is 48.3 Å². The van der Waals surface area contributed by atoms with E-state index < -0.39 is 5.97 Å². The summed E-state index contributed by atoms with van der Waals surface area (Å²) in [5.74, 6) is 0.671. The van der Waals surface area contributed by atoms with Crippen molar-refractivity contribution in [2.45, 2.75) is 37.3 Å². The fourth-order valence-corrected chi connectivity index (χ4v) is 3.81. The molecule has 0 amide bonds. The largest absolute Gasteiger partial charge is 0.487 e. The minimum Gasteiger partial charge on any atom is -0.487 e. The summed E-state index contributed by atoms with van der Waals surface area (Å²) in [4.78, 5) is 15.4. The highest BCUT2D eigenvalue weighted by Crippen LogP contribution is 2.48. The maximum atomic E-state index is 11.0. The lowest BCUT2D eigenvalue weighted by molar-refractivity contribution is -0.138. The molecule has 2 unspecified atom stereocenters. The zero-order chi connectivity index (χ0) is 17.8. The average molecular weight is 378 g/mol. The Bertz CT molecular complexity index is 768. The van der Waals surface area contributed by atoms with Gasteiger partial charge in [-0.15, -0.1) is 11.8 Å². The standard InChI is InChI=1S/C19H20ClNO3S/c1-2-8-25-18-13(4-3-7-21-18)11-24-17-6-5-12(9-16(17)20)14-10-15(14)19(22)23/h3-7,9,14-15H,2,8,10-11H2,1H3,(H,22,23). The van der Waals surface area contributed by atoms with Gasteiger partial charge in [0.05, 0.1) is 10.9 Å². The number of pyridine rings is 1. The molecule has 1 aromatic heterocycles. The van der Waals surface area contributed by atoms with Crippen molar-refractivity contribution in [1.29, 1.82) is 0 Å². The van der Waals surface area contributed by atoms with Gasteiger partial charge in [0.25, 0.3) is 0 Å². The SMILES string of the molecule is CCCSc1ncccc1COc1ccc(C2CC2C(=O)O)cc1Cl. The van der Waals surface area contributed by atoms with Gasteiger partial charge >= 0.3 is 5.97 Å². The number of rotatable bonds is 8. The number of hydrogen-bond acceptors (Lipinski definition) is 4. The minimum atomic E-state index is -0.741. The maximum absolute atomic E-state index is 11.0.